The van der Waals surface area contributed by atoms with Crippen LogP contribution in [0.4, 0.5) is 0 Å². The second kappa shape index (κ2) is 5.50. The molecule has 0 saturated carbocycles. The fourth-order valence-electron chi connectivity index (χ4n) is 1.44. The fraction of sp³-hybridized carbons (Fsp3) is 0.600. The van der Waals surface area contributed by atoms with Crippen LogP contribution in [0.3, 0.4) is 0 Å². The Hall–Kier alpha value is -1.36. The van der Waals surface area contributed by atoms with Gasteiger partial charge in [-0.05, 0) is 6.42 Å². The largest absolute Gasteiger partial charge is 0.469 e. The molecule has 1 rings (SSSR count). The number of esters is 1. The number of nitrogens with one attached hydrogen (secondary N) is 1. The van der Waals surface area contributed by atoms with Crippen molar-refractivity contribution >= 4 is 11.9 Å². The Labute approximate surface area is 88.7 Å². The highest BCUT2D eigenvalue weighted by Crippen LogP contribution is 2.15. The predicted molar refractivity (Wildman–Crippen MR) is 54.9 cm³/mol. The Morgan fingerprint density at radius 2 is 2.27 bits per heavy atom. The lowest BCUT2D eigenvalue weighted by molar-refractivity contribution is -0.140. The normalized spacial score (nSPS) is 23.9. The molecule has 15 heavy (non-hydrogen) atoms. The maximum atomic E-state index is 11.5. The van der Waals surface area contributed by atoms with Gasteiger partial charge < -0.3 is 15.8 Å². The van der Waals surface area contributed by atoms with Gasteiger partial charge in [-0.3, -0.25) is 9.59 Å². The number of ether oxygens (including phenoxy) is 1. The first-order valence-electron chi connectivity index (χ1n) is 4.92. The molecule has 0 aromatic heterocycles. The van der Waals surface area contributed by atoms with Gasteiger partial charge in [0.1, 0.15) is 0 Å². The van der Waals surface area contributed by atoms with Gasteiger partial charge in [-0.25, -0.2) is 0 Å². The van der Waals surface area contributed by atoms with Crippen molar-refractivity contribution in [1.29, 1.82) is 0 Å². The third-order valence-electron chi connectivity index (χ3n) is 2.31. The van der Waals surface area contributed by atoms with Crippen molar-refractivity contribution in [2.45, 2.75) is 18.9 Å². The molecule has 0 fully saturated rings. The Bertz CT molecular complexity index is 276. The van der Waals surface area contributed by atoms with Crippen LogP contribution in [0.15, 0.2) is 12.2 Å². The van der Waals surface area contributed by atoms with E-state index in [2.05, 4.69) is 10.1 Å². The molecule has 0 spiro atoms. The summed E-state index contributed by atoms with van der Waals surface area (Å²) in [5.41, 5.74) is 5.62. The predicted octanol–water partition coefficient (Wildman–Crippen LogP) is -0.431. The lowest BCUT2D eigenvalue weighted by atomic mass is 10.1. The molecule has 3 N–H and O–H groups in total. The van der Waals surface area contributed by atoms with E-state index in [0.29, 0.717) is 13.0 Å². The second-order valence-corrected chi connectivity index (χ2v) is 3.51. The molecule has 0 bridgehead atoms. The van der Waals surface area contributed by atoms with Gasteiger partial charge in [-0.2, -0.15) is 0 Å². The van der Waals surface area contributed by atoms with E-state index in [1.54, 1.807) is 6.08 Å². The third-order valence-corrected chi connectivity index (χ3v) is 2.31. The number of methoxy groups -OCH3 is 1. The smallest absolute Gasteiger partial charge is 0.307 e. The Balaban J connectivity index is 2.19. The molecular weight excluding hydrogens is 196 g/mol. The Morgan fingerprint density at radius 1 is 1.53 bits per heavy atom. The van der Waals surface area contributed by atoms with Crippen molar-refractivity contribution in [1.82, 2.24) is 5.32 Å². The first-order chi connectivity index (χ1) is 7.13. The summed E-state index contributed by atoms with van der Waals surface area (Å²) in [6.07, 6.45) is 4.47. The summed E-state index contributed by atoms with van der Waals surface area (Å²) in [7, 11) is 1.32. The SMILES string of the molecule is COC(=O)CCNC(=O)C1C=CC(N)C1. The highest BCUT2D eigenvalue weighted by molar-refractivity contribution is 5.81. The van der Waals surface area contributed by atoms with E-state index in [9.17, 15) is 9.59 Å². The van der Waals surface area contributed by atoms with E-state index in [1.165, 1.54) is 7.11 Å². The zero-order chi connectivity index (χ0) is 11.3. The second-order valence-electron chi connectivity index (χ2n) is 3.51. The van der Waals surface area contributed by atoms with E-state index in [-0.39, 0.29) is 30.3 Å². The average molecular weight is 212 g/mol. The van der Waals surface area contributed by atoms with Crippen molar-refractivity contribution in [3.63, 3.8) is 0 Å². The number of hydrogen-bond donors (Lipinski definition) is 2. The number of carbonyl (C=O) groups is 2. The monoisotopic (exact) mass is 212 g/mol. The number of rotatable bonds is 4. The first-order valence-corrected chi connectivity index (χ1v) is 4.92. The van der Waals surface area contributed by atoms with Crippen LogP contribution in [0, 0.1) is 5.92 Å². The zero-order valence-electron chi connectivity index (χ0n) is 8.73. The van der Waals surface area contributed by atoms with Gasteiger partial charge in [0.2, 0.25) is 5.91 Å². The lowest BCUT2D eigenvalue weighted by Crippen LogP contribution is -2.32. The van der Waals surface area contributed by atoms with Gasteiger partial charge >= 0.3 is 5.97 Å². The lowest BCUT2D eigenvalue weighted by Gasteiger charge is -2.09. The van der Waals surface area contributed by atoms with Gasteiger partial charge in [0, 0.05) is 12.6 Å². The van der Waals surface area contributed by atoms with E-state index in [0.717, 1.165) is 0 Å². The summed E-state index contributed by atoms with van der Waals surface area (Å²) in [6.45, 7) is 0.311. The number of nitrogens with two attached hydrogens (primary N) is 1. The van der Waals surface area contributed by atoms with E-state index >= 15 is 0 Å². The van der Waals surface area contributed by atoms with Crippen LogP contribution < -0.4 is 11.1 Å². The maximum Gasteiger partial charge on any atom is 0.307 e. The van der Waals surface area contributed by atoms with Crippen LogP contribution in [0.1, 0.15) is 12.8 Å². The minimum absolute atomic E-state index is 0.0265. The quantitative estimate of drug-likeness (QED) is 0.489. The van der Waals surface area contributed by atoms with E-state index < -0.39 is 0 Å². The molecule has 1 amide bonds. The van der Waals surface area contributed by atoms with Crippen molar-refractivity contribution in [3.8, 4) is 0 Å². The molecule has 0 saturated heterocycles. The highest BCUT2D eigenvalue weighted by atomic mass is 16.5. The number of amides is 1. The standard InChI is InChI=1S/C10H16N2O3/c1-15-9(13)4-5-12-10(14)7-2-3-8(11)6-7/h2-3,7-8H,4-6,11H2,1H3,(H,12,14). The van der Waals surface area contributed by atoms with Crippen LogP contribution >= 0.6 is 0 Å². The van der Waals surface area contributed by atoms with Gasteiger partial charge in [0.15, 0.2) is 0 Å². The van der Waals surface area contributed by atoms with Crippen molar-refractivity contribution in [3.05, 3.63) is 12.2 Å². The molecule has 0 radical (unpaired) electrons. The summed E-state index contributed by atoms with van der Waals surface area (Å²) in [5.74, 6) is -0.560. The summed E-state index contributed by atoms with van der Waals surface area (Å²) < 4.78 is 4.45. The van der Waals surface area contributed by atoms with E-state index in [4.69, 9.17) is 5.73 Å². The Morgan fingerprint density at radius 3 is 2.80 bits per heavy atom. The van der Waals surface area contributed by atoms with Crippen LogP contribution in [-0.2, 0) is 14.3 Å². The summed E-state index contributed by atoms with van der Waals surface area (Å²) in [6, 6.07) is -0.0265. The van der Waals surface area contributed by atoms with Crippen LogP contribution in [0.5, 0.6) is 0 Å². The maximum absolute atomic E-state index is 11.5. The first kappa shape index (κ1) is 11.7. The fourth-order valence-corrected chi connectivity index (χ4v) is 1.44. The van der Waals surface area contributed by atoms with Gasteiger partial charge in [0.25, 0.3) is 0 Å². The van der Waals surface area contributed by atoms with Crippen LogP contribution in [-0.4, -0.2) is 31.6 Å². The van der Waals surface area contributed by atoms with Gasteiger partial charge in [-0.1, -0.05) is 12.2 Å². The molecule has 1 aliphatic rings. The van der Waals surface area contributed by atoms with Crippen LogP contribution in [0.2, 0.25) is 0 Å². The molecule has 5 nitrogen and oxygen atoms in total. The Kier molecular flexibility index (Phi) is 4.30. The zero-order valence-corrected chi connectivity index (χ0v) is 8.73. The molecule has 2 atom stereocenters. The van der Waals surface area contributed by atoms with Crippen molar-refractivity contribution in [2.75, 3.05) is 13.7 Å². The third kappa shape index (κ3) is 3.71. The summed E-state index contributed by atoms with van der Waals surface area (Å²) in [5, 5.41) is 2.66. The topological polar surface area (TPSA) is 81.4 Å². The summed E-state index contributed by atoms with van der Waals surface area (Å²) in [4.78, 5) is 22.2. The highest BCUT2D eigenvalue weighted by Gasteiger charge is 2.22. The molecule has 84 valence electrons. The van der Waals surface area contributed by atoms with Crippen molar-refractivity contribution in [2.24, 2.45) is 11.7 Å². The minimum Gasteiger partial charge on any atom is -0.469 e. The van der Waals surface area contributed by atoms with E-state index in [1.807, 2.05) is 6.08 Å². The minimum atomic E-state index is -0.325. The van der Waals surface area contributed by atoms with Gasteiger partial charge in [0.05, 0.1) is 19.4 Å². The molecule has 5 heteroatoms. The average Bonchev–Trinajstić information content (AvgIpc) is 2.64. The molecule has 0 aliphatic heterocycles. The molecule has 2 unspecified atom stereocenters. The van der Waals surface area contributed by atoms with Gasteiger partial charge in [-0.15, -0.1) is 0 Å². The molecule has 1 aliphatic carbocycles. The summed E-state index contributed by atoms with van der Waals surface area (Å²) >= 11 is 0. The number of carbonyl (C=O) groups excluding carboxylic acids is 2. The van der Waals surface area contributed by atoms with Crippen LogP contribution in [0.25, 0.3) is 0 Å². The van der Waals surface area contributed by atoms with Crippen molar-refractivity contribution < 1.29 is 14.3 Å². The molecule has 0 aromatic carbocycles. The number of hydrogen-bond acceptors (Lipinski definition) is 4. The molecule has 0 heterocycles. The molecular formula is C10H16N2O3. The molecule has 0 aromatic rings.